The minimum absolute atomic E-state index is 0. The number of methoxy groups -OCH3 is 2. The van der Waals surface area contributed by atoms with Crippen LogP contribution < -0.4 is 20.1 Å². The van der Waals surface area contributed by atoms with Gasteiger partial charge < -0.3 is 25.2 Å². The summed E-state index contributed by atoms with van der Waals surface area (Å²) in [7, 11) is 3.18. The van der Waals surface area contributed by atoms with Crippen molar-refractivity contribution in [2.75, 3.05) is 27.3 Å². The number of nitrogens with one attached hydrogen (secondary N) is 2. The molecule has 0 amide bonds. The second-order valence-corrected chi connectivity index (χ2v) is 5.83. The van der Waals surface area contributed by atoms with Crippen LogP contribution in [-0.4, -0.2) is 38.4 Å². The number of hydrogen-bond acceptors (Lipinski definition) is 4. The standard InChI is InChI=1S/C20H26FN3O3.HI/c1-4-22-20(24-13-17(25)15-6-8-16(21)9-7-15)23-12-14-5-10-18(26-2)19(11-14)27-3;/h5-11,17,25H,4,12-13H2,1-3H3,(H2,22,23,24);1H. The molecule has 1 unspecified atom stereocenters. The number of ether oxygens (including phenoxy) is 2. The van der Waals surface area contributed by atoms with E-state index in [1.165, 1.54) is 12.1 Å². The summed E-state index contributed by atoms with van der Waals surface area (Å²) in [5, 5.41) is 16.5. The highest BCUT2D eigenvalue weighted by molar-refractivity contribution is 14.0. The van der Waals surface area contributed by atoms with E-state index in [1.807, 2.05) is 25.1 Å². The van der Waals surface area contributed by atoms with E-state index in [0.29, 0.717) is 36.1 Å². The van der Waals surface area contributed by atoms with Gasteiger partial charge in [0.05, 0.1) is 26.9 Å². The summed E-state index contributed by atoms with van der Waals surface area (Å²) in [6.45, 7) is 3.33. The summed E-state index contributed by atoms with van der Waals surface area (Å²) >= 11 is 0. The Balaban J connectivity index is 0.00000392. The number of nitrogens with zero attached hydrogens (tertiary/aromatic N) is 1. The van der Waals surface area contributed by atoms with Crippen molar-refractivity contribution in [3.63, 3.8) is 0 Å². The summed E-state index contributed by atoms with van der Waals surface area (Å²) in [5.41, 5.74) is 1.60. The molecule has 2 rings (SSSR count). The minimum Gasteiger partial charge on any atom is -0.493 e. The Bertz CT molecular complexity index is 757. The van der Waals surface area contributed by atoms with Crippen LogP contribution in [0.3, 0.4) is 0 Å². The molecule has 8 heteroatoms. The summed E-state index contributed by atoms with van der Waals surface area (Å²) in [6.07, 6.45) is -0.768. The van der Waals surface area contributed by atoms with Crippen LogP contribution >= 0.6 is 24.0 Å². The maximum Gasteiger partial charge on any atom is 0.191 e. The quantitative estimate of drug-likeness (QED) is 0.293. The first-order chi connectivity index (χ1) is 13.1. The van der Waals surface area contributed by atoms with E-state index in [0.717, 1.165) is 5.56 Å². The van der Waals surface area contributed by atoms with Crippen molar-refractivity contribution < 1.29 is 19.0 Å². The molecule has 0 bridgehead atoms. The third-order valence-electron chi connectivity index (χ3n) is 3.93. The lowest BCUT2D eigenvalue weighted by Crippen LogP contribution is -2.39. The van der Waals surface area contributed by atoms with Crippen LogP contribution in [0.4, 0.5) is 4.39 Å². The highest BCUT2D eigenvalue weighted by atomic mass is 127. The minimum atomic E-state index is -0.768. The van der Waals surface area contributed by atoms with Gasteiger partial charge in [0.15, 0.2) is 17.5 Å². The van der Waals surface area contributed by atoms with Crippen LogP contribution in [0, 0.1) is 5.82 Å². The van der Waals surface area contributed by atoms with Gasteiger partial charge in [-0.3, -0.25) is 0 Å². The van der Waals surface area contributed by atoms with Crippen molar-refractivity contribution in [2.45, 2.75) is 19.6 Å². The molecule has 0 spiro atoms. The van der Waals surface area contributed by atoms with Crippen molar-refractivity contribution in [2.24, 2.45) is 4.99 Å². The zero-order valence-corrected chi connectivity index (χ0v) is 18.6. The molecule has 0 aromatic heterocycles. The normalized spacial score (nSPS) is 12.0. The van der Waals surface area contributed by atoms with E-state index < -0.39 is 6.10 Å². The molecule has 1 atom stereocenters. The van der Waals surface area contributed by atoms with Gasteiger partial charge in [-0.1, -0.05) is 18.2 Å². The lowest BCUT2D eigenvalue weighted by Gasteiger charge is -2.16. The fourth-order valence-corrected chi connectivity index (χ4v) is 2.49. The molecule has 2 aromatic rings. The average molecular weight is 503 g/mol. The monoisotopic (exact) mass is 503 g/mol. The number of hydrogen-bond donors (Lipinski definition) is 3. The van der Waals surface area contributed by atoms with Gasteiger partial charge in [0.25, 0.3) is 0 Å². The van der Waals surface area contributed by atoms with Crippen LogP contribution in [0.2, 0.25) is 0 Å². The summed E-state index contributed by atoms with van der Waals surface area (Å²) in [6, 6.07) is 11.4. The lowest BCUT2D eigenvalue weighted by molar-refractivity contribution is 0.180. The first kappa shape index (κ1) is 24.0. The number of benzene rings is 2. The Kier molecular flexibility index (Phi) is 10.6. The van der Waals surface area contributed by atoms with Gasteiger partial charge in [0.2, 0.25) is 0 Å². The topological polar surface area (TPSA) is 75.1 Å². The number of aliphatic hydroxyl groups is 1. The number of halogens is 2. The van der Waals surface area contributed by atoms with Gasteiger partial charge in [-0.2, -0.15) is 0 Å². The van der Waals surface area contributed by atoms with Crippen molar-refractivity contribution in [3.8, 4) is 11.5 Å². The van der Waals surface area contributed by atoms with Gasteiger partial charge in [0, 0.05) is 13.1 Å². The third-order valence-corrected chi connectivity index (χ3v) is 3.93. The molecule has 0 radical (unpaired) electrons. The predicted octanol–water partition coefficient (Wildman–Crippen LogP) is 3.25. The molecule has 28 heavy (non-hydrogen) atoms. The van der Waals surface area contributed by atoms with E-state index in [9.17, 15) is 9.50 Å². The molecule has 3 N–H and O–H groups in total. The smallest absolute Gasteiger partial charge is 0.191 e. The maximum atomic E-state index is 13.0. The van der Waals surface area contributed by atoms with Gasteiger partial charge in [-0.05, 0) is 42.3 Å². The number of aliphatic imine (C=N–C) groups is 1. The third kappa shape index (κ3) is 7.16. The van der Waals surface area contributed by atoms with Gasteiger partial charge in [-0.25, -0.2) is 9.38 Å². The fourth-order valence-electron chi connectivity index (χ4n) is 2.49. The van der Waals surface area contributed by atoms with Crippen LogP contribution in [0.1, 0.15) is 24.2 Å². The molecular weight excluding hydrogens is 476 g/mol. The Labute approximate surface area is 182 Å². The highest BCUT2D eigenvalue weighted by Crippen LogP contribution is 2.27. The Morgan fingerprint density at radius 1 is 1.07 bits per heavy atom. The largest absolute Gasteiger partial charge is 0.493 e. The van der Waals surface area contributed by atoms with E-state index in [1.54, 1.807) is 26.4 Å². The van der Waals surface area contributed by atoms with Crippen molar-refractivity contribution in [1.82, 2.24) is 10.6 Å². The second kappa shape index (κ2) is 12.4. The average Bonchev–Trinajstić information content (AvgIpc) is 2.70. The van der Waals surface area contributed by atoms with Crippen molar-refractivity contribution >= 4 is 29.9 Å². The molecule has 6 nitrogen and oxygen atoms in total. The predicted molar refractivity (Wildman–Crippen MR) is 119 cm³/mol. The molecule has 154 valence electrons. The van der Waals surface area contributed by atoms with Crippen LogP contribution in [0.5, 0.6) is 11.5 Å². The highest BCUT2D eigenvalue weighted by Gasteiger charge is 2.09. The SMILES string of the molecule is CCNC(=NCc1ccc(OC)c(OC)c1)NCC(O)c1ccc(F)cc1.I. The number of aliphatic hydroxyl groups excluding tert-OH is 1. The molecule has 0 aliphatic carbocycles. The summed E-state index contributed by atoms with van der Waals surface area (Å²) in [4.78, 5) is 4.52. The van der Waals surface area contributed by atoms with Gasteiger partial charge in [-0.15, -0.1) is 24.0 Å². The van der Waals surface area contributed by atoms with Crippen LogP contribution in [0.15, 0.2) is 47.5 Å². The molecular formula is C20H27FIN3O3. The van der Waals surface area contributed by atoms with Gasteiger partial charge in [0.1, 0.15) is 5.82 Å². The molecule has 0 saturated carbocycles. The molecule has 0 fully saturated rings. The van der Waals surface area contributed by atoms with Crippen LogP contribution in [-0.2, 0) is 6.54 Å². The molecule has 0 aliphatic rings. The van der Waals surface area contributed by atoms with Crippen molar-refractivity contribution in [1.29, 1.82) is 0 Å². The second-order valence-electron chi connectivity index (χ2n) is 5.83. The van der Waals surface area contributed by atoms with E-state index in [4.69, 9.17) is 9.47 Å². The first-order valence-electron chi connectivity index (χ1n) is 8.74. The van der Waals surface area contributed by atoms with E-state index >= 15 is 0 Å². The van der Waals surface area contributed by atoms with Crippen molar-refractivity contribution in [3.05, 3.63) is 59.4 Å². The Morgan fingerprint density at radius 3 is 2.36 bits per heavy atom. The fraction of sp³-hybridized carbons (Fsp3) is 0.350. The Morgan fingerprint density at radius 2 is 1.75 bits per heavy atom. The molecule has 0 aliphatic heterocycles. The molecule has 0 saturated heterocycles. The van der Waals surface area contributed by atoms with E-state index in [-0.39, 0.29) is 36.3 Å². The zero-order valence-electron chi connectivity index (χ0n) is 16.2. The summed E-state index contributed by atoms with van der Waals surface area (Å²) < 4.78 is 23.5. The molecule has 0 heterocycles. The zero-order chi connectivity index (χ0) is 19.6. The van der Waals surface area contributed by atoms with Crippen LogP contribution in [0.25, 0.3) is 0 Å². The summed E-state index contributed by atoms with van der Waals surface area (Å²) in [5.74, 6) is 1.56. The first-order valence-corrected chi connectivity index (χ1v) is 8.74. The van der Waals surface area contributed by atoms with Gasteiger partial charge >= 0.3 is 0 Å². The lowest BCUT2D eigenvalue weighted by atomic mass is 10.1. The Hall–Kier alpha value is -2.07. The van der Waals surface area contributed by atoms with E-state index in [2.05, 4.69) is 15.6 Å². The number of guanidine groups is 1. The number of rotatable bonds is 8. The molecule has 2 aromatic carbocycles. The maximum absolute atomic E-state index is 13.0.